The van der Waals surface area contributed by atoms with Gasteiger partial charge in [0.2, 0.25) is 0 Å². The minimum Gasteiger partial charge on any atom is -0.351 e. The van der Waals surface area contributed by atoms with E-state index in [1.165, 1.54) is 12.1 Å². The van der Waals surface area contributed by atoms with Crippen LogP contribution in [0.5, 0.6) is 0 Å². The molecule has 1 aliphatic heterocycles. The van der Waals surface area contributed by atoms with Gasteiger partial charge < -0.3 is 10.2 Å². The third-order valence-corrected chi connectivity index (χ3v) is 8.58. The first-order chi connectivity index (χ1) is 15.4. The van der Waals surface area contributed by atoms with E-state index in [1.807, 2.05) is 18.2 Å². The molecule has 0 unspecified atom stereocenters. The van der Waals surface area contributed by atoms with Crippen LogP contribution >= 0.6 is 22.9 Å². The smallest absolute Gasteiger partial charge is 0.251 e. The van der Waals surface area contributed by atoms with Crippen molar-refractivity contribution in [2.24, 2.45) is 0 Å². The van der Waals surface area contributed by atoms with Crippen molar-refractivity contribution < 1.29 is 13.2 Å². The van der Waals surface area contributed by atoms with Gasteiger partial charge in [-0.1, -0.05) is 35.9 Å². The van der Waals surface area contributed by atoms with Gasteiger partial charge in [-0.15, -0.1) is 0 Å². The highest BCUT2D eigenvalue weighted by Gasteiger charge is 2.20. The van der Waals surface area contributed by atoms with Crippen molar-refractivity contribution >= 4 is 54.0 Å². The van der Waals surface area contributed by atoms with Crippen molar-refractivity contribution in [3.05, 3.63) is 53.1 Å². The van der Waals surface area contributed by atoms with Crippen LogP contribution in [-0.4, -0.2) is 69.2 Å². The summed E-state index contributed by atoms with van der Waals surface area (Å²) in [6.45, 7) is 6.35. The number of nitrogens with zero attached hydrogens (tertiary/aromatic N) is 3. The molecular formula is C22H25ClN4O3S2. The Kier molecular flexibility index (Phi) is 6.99. The molecule has 0 bridgehead atoms. The van der Waals surface area contributed by atoms with E-state index in [4.69, 9.17) is 16.6 Å². The quantitative estimate of drug-likeness (QED) is 0.545. The number of halogens is 1. The van der Waals surface area contributed by atoms with Gasteiger partial charge in [0.05, 0.1) is 20.9 Å². The molecule has 32 heavy (non-hydrogen) atoms. The second-order valence-electron chi connectivity index (χ2n) is 7.62. The molecule has 2 heterocycles. The largest absolute Gasteiger partial charge is 0.351 e. The van der Waals surface area contributed by atoms with Crippen LogP contribution in [0.15, 0.2) is 47.4 Å². The lowest BCUT2D eigenvalue weighted by molar-refractivity contribution is 0.0947. The van der Waals surface area contributed by atoms with Crippen LogP contribution in [0, 0.1) is 0 Å². The van der Waals surface area contributed by atoms with Gasteiger partial charge in [-0.3, -0.25) is 9.69 Å². The topological polar surface area (TPSA) is 82.6 Å². The number of rotatable bonds is 7. The molecule has 10 heteroatoms. The molecule has 3 aromatic rings. The number of aromatic nitrogens is 1. The van der Waals surface area contributed by atoms with Crippen molar-refractivity contribution in [1.29, 1.82) is 0 Å². The lowest BCUT2D eigenvalue weighted by Gasteiger charge is -2.34. The number of hydrogen-bond acceptors (Lipinski definition) is 7. The molecule has 1 aliphatic rings. The van der Waals surface area contributed by atoms with Gasteiger partial charge in [-0.05, 0) is 36.4 Å². The lowest BCUT2D eigenvalue weighted by Crippen LogP contribution is -2.48. The van der Waals surface area contributed by atoms with Crippen LogP contribution in [-0.2, 0) is 9.84 Å². The fourth-order valence-corrected chi connectivity index (χ4v) is 5.83. The third-order valence-electron chi connectivity index (χ3n) is 5.53. The van der Waals surface area contributed by atoms with Crippen LogP contribution in [0.1, 0.15) is 17.3 Å². The predicted octanol–water partition coefficient (Wildman–Crippen LogP) is 3.30. The van der Waals surface area contributed by atoms with Gasteiger partial charge in [0.15, 0.2) is 15.0 Å². The Morgan fingerprint density at radius 1 is 1.16 bits per heavy atom. The van der Waals surface area contributed by atoms with Crippen molar-refractivity contribution in [3.63, 3.8) is 0 Å². The highest BCUT2D eigenvalue weighted by atomic mass is 35.5. The number of nitrogens with one attached hydrogen (secondary N) is 1. The summed E-state index contributed by atoms with van der Waals surface area (Å²) in [5, 5.41) is 4.63. The first-order valence-electron chi connectivity index (χ1n) is 10.5. The van der Waals surface area contributed by atoms with Gasteiger partial charge in [-0.2, -0.15) is 0 Å². The summed E-state index contributed by atoms with van der Waals surface area (Å²) in [6, 6.07) is 12.0. The number of fused-ring (bicyclic) bond motifs is 1. The average molecular weight is 493 g/mol. The van der Waals surface area contributed by atoms with Gasteiger partial charge >= 0.3 is 0 Å². The Bertz CT molecular complexity index is 1220. The van der Waals surface area contributed by atoms with Gasteiger partial charge in [-0.25, -0.2) is 13.4 Å². The van der Waals surface area contributed by atoms with E-state index in [0.29, 0.717) is 12.1 Å². The molecule has 1 saturated heterocycles. The van der Waals surface area contributed by atoms with E-state index in [2.05, 4.69) is 15.1 Å². The molecule has 1 N–H and O–H groups in total. The standard InChI is InChI=1S/C22H25ClN4O3S2/c1-2-32(29,30)18-5-3-4-16(14-18)21(28)24-8-9-26-10-12-27(13-11-26)22-25-19-7-6-17(23)15-20(19)31-22/h3-7,14-15H,2,8-13H2,1H3,(H,24,28). The first-order valence-corrected chi connectivity index (χ1v) is 13.3. The van der Waals surface area contributed by atoms with Gasteiger partial charge in [0.1, 0.15) is 0 Å². The van der Waals surface area contributed by atoms with E-state index in [0.717, 1.165) is 53.1 Å². The van der Waals surface area contributed by atoms with Crippen LogP contribution in [0.4, 0.5) is 5.13 Å². The molecule has 7 nitrogen and oxygen atoms in total. The number of anilines is 1. The number of amides is 1. The lowest BCUT2D eigenvalue weighted by atomic mass is 10.2. The van der Waals surface area contributed by atoms with Crippen LogP contribution in [0.25, 0.3) is 10.2 Å². The maximum Gasteiger partial charge on any atom is 0.251 e. The Labute approximate surface area is 196 Å². The molecule has 0 spiro atoms. The van der Waals surface area contributed by atoms with Crippen LogP contribution in [0.2, 0.25) is 5.02 Å². The maximum atomic E-state index is 12.5. The van der Waals surface area contributed by atoms with Crippen molar-refractivity contribution in [1.82, 2.24) is 15.2 Å². The van der Waals surface area contributed by atoms with Crippen LogP contribution < -0.4 is 10.2 Å². The summed E-state index contributed by atoms with van der Waals surface area (Å²) in [6.07, 6.45) is 0. The SMILES string of the molecule is CCS(=O)(=O)c1cccc(C(=O)NCCN2CCN(c3nc4ccc(Cl)cc4s3)CC2)c1. The monoisotopic (exact) mass is 492 g/mol. The van der Waals surface area contributed by atoms with E-state index in [1.54, 1.807) is 30.4 Å². The summed E-state index contributed by atoms with van der Waals surface area (Å²) < 4.78 is 25.2. The van der Waals surface area contributed by atoms with E-state index in [-0.39, 0.29) is 16.6 Å². The summed E-state index contributed by atoms with van der Waals surface area (Å²) in [5.41, 5.74) is 1.33. The normalized spacial score (nSPS) is 15.2. The highest BCUT2D eigenvalue weighted by Crippen LogP contribution is 2.31. The van der Waals surface area contributed by atoms with Gasteiger partial charge in [0, 0.05) is 49.9 Å². The molecular weight excluding hydrogens is 468 g/mol. The fourth-order valence-electron chi connectivity index (χ4n) is 3.61. The Morgan fingerprint density at radius 3 is 2.69 bits per heavy atom. The highest BCUT2D eigenvalue weighted by molar-refractivity contribution is 7.91. The van der Waals surface area contributed by atoms with E-state index >= 15 is 0 Å². The molecule has 0 atom stereocenters. The zero-order chi connectivity index (χ0) is 22.7. The van der Waals surface area contributed by atoms with Crippen molar-refractivity contribution in [2.45, 2.75) is 11.8 Å². The number of benzene rings is 2. The molecule has 0 saturated carbocycles. The zero-order valence-electron chi connectivity index (χ0n) is 17.8. The Balaban J connectivity index is 1.26. The molecule has 170 valence electrons. The minimum absolute atomic E-state index is 0.00874. The molecule has 1 aromatic heterocycles. The van der Waals surface area contributed by atoms with E-state index < -0.39 is 9.84 Å². The summed E-state index contributed by atoms with van der Waals surface area (Å²) >= 11 is 7.73. The second kappa shape index (κ2) is 9.74. The maximum absolute atomic E-state index is 12.5. The predicted molar refractivity (Wildman–Crippen MR) is 130 cm³/mol. The number of piperazine rings is 1. The van der Waals surface area contributed by atoms with Crippen molar-refractivity contribution in [3.8, 4) is 0 Å². The number of carbonyl (C=O) groups excluding carboxylic acids is 1. The number of thiazole rings is 1. The minimum atomic E-state index is -3.33. The molecule has 1 fully saturated rings. The second-order valence-corrected chi connectivity index (χ2v) is 11.3. The van der Waals surface area contributed by atoms with E-state index in [9.17, 15) is 13.2 Å². The average Bonchev–Trinajstić information content (AvgIpc) is 3.22. The Hall–Kier alpha value is -2.20. The van der Waals surface area contributed by atoms with Crippen LogP contribution in [0.3, 0.4) is 0 Å². The van der Waals surface area contributed by atoms with Crippen molar-refractivity contribution in [2.75, 3.05) is 49.9 Å². The summed E-state index contributed by atoms with van der Waals surface area (Å²) in [4.78, 5) is 21.9. The molecule has 0 aliphatic carbocycles. The first kappa shape index (κ1) is 23.0. The molecule has 1 amide bonds. The molecule has 2 aromatic carbocycles. The molecule has 4 rings (SSSR count). The zero-order valence-corrected chi connectivity index (χ0v) is 20.1. The Morgan fingerprint density at radius 2 is 1.94 bits per heavy atom. The number of sulfone groups is 1. The third kappa shape index (κ3) is 5.23. The summed E-state index contributed by atoms with van der Waals surface area (Å²) in [7, 11) is -3.33. The summed E-state index contributed by atoms with van der Waals surface area (Å²) in [5.74, 6) is -0.251. The number of hydrogen-bond donors (Lipinski definition) is 1. The number of carbonyl (C=O) groups is 1. The fraction of sp³-hybridized carbons (Fsp3) is 0.364. The van der Waals surface area contributed by atoms with Gasteiger partial charge in [0.25, 0.3) is 5.91 Å². The molecule has 0 radical (unpaired) electrons.